The molecule has 0 radical (unpaired) electrons. The molecular formula is C11H18O6S2. The Kier molecular flexibility index (Phi) is 4.71. The van der Waals surface area contributed by atoms with Gasteiger partial charge in [0.25, 0.3) is 0 Å². The van der Waals surface area contributed by atoms with Gasteiger partial charge in [0.1, 0.15) is 12.2 Å². The quantitative estimate of drug-likeness (QED) is 0.718. The van der Waals surface area contributed by atoms with Gasteiger partial charge in [-0.3, -0.25) is 0 Å². The zero-order chi connectivity index (χ0) is 14.2. The Morgan fingerprint density at radius 3 is 2.74 bits per heavy atom. The summed E-state index contributed by atoms with van der Waals surface area (Å²) in [6, 6.07) is 0. The Morgan fingerprint density at radius 1 is 1.47 bits per heavy atom. The highest BCUT2D eigenvalue weighted by Gasteiger charge is 2.57. The van der Waals surface area contributed by atoms with Crippen molar-refractivity contribution >= 4 is 28.4 Å². The van der Waals surface area contributed by atoms with Crippen LogP contribution in [0, 0.1) is 0 Å². The van der Waals surface area contributed by atoms with E-state index in [4.69, 9.17) is 36.3 Å². The lowest BCUT2D eigenvalue weighted by Crippen LogP contribution is -2.44. The number of aliphatic hydroxyl groups is 2. The average Bonchev–Trinajstić information content (AvgIpc) is 2.81. The van der Waals surface area contributed by atoms with Crippen molar-refractivity contribution in [3.63, 3.8) is 0 Å². The third kappa shape index (κ3) is 3.21. The second-order valence-corrected chi connectivity index (χ2v) is 6.26. The first kappa shape index (κ1) is 15.4. The molecule has 0 aromatic carbocycles. The van der Waals surface area contributed by atoms with E-state index < -0.39 is 43.1 Å². The standard InChI is InChI=1S/C11H18O6S2/c1-11(2)16-8-7(15-10(18)19-3)6(5(13)4-12)14-9(8)17-11/h5-9,12-13H,4H2,1-3H3/t5-,6-,7+,8-,9-/m1/s1. The molecule has 110 valence electrons. The third-order valence-corrected chi connectivity index (χ3v) is 4.02. The Balaban J connectivity index is 2.13. The van der Waals surface area contributed by atoms with Gasteiger partial charge in [-0.15, -0.1) is 0 Å². The summed E-state index contributed by atoms with van der Waals surface area (Å²) in [6.07, 6.45) is -1.73. The fraction of sp³-hybridized carbons (Fsp3) is 0.909. The highest BCUT2D eigenvalue weighted by molar-refractivity contribution is 8.22. The van der Waals surface area contributed by atoms with Crippen LogP contribution in [0.2, 0.25) is 0 Å². The van der Waals surface area contributed by atoms with Gasteiger partial charge in [-0.1, -0.05) is 11.8 Å². The molecule has 2 N–H and O–H groups in total. The van der Waals surface area contributed by atoms with Crippen LogP contribution in [0.15, 0.2) is 0 Å². The summed E-state index contributed by atoms with van der Waals surface area (Å²) >= 11 is 6.31. The number of rotatable bonds is 3. The zero-order valence-corrected chi connectivity index (χ0v) is 12.6. The Morgan fingerprint density at radius 2 is 2.16 bits per heavy atom. The van der Waals surface area contributed by atoms with Crippen LogP contribution >= 0.6 is 24.0 Å². The van der Waals surface area contributed by atoms with Gasteiger partial charge in [0, 0.05) is 0 Å². The van der Waals surface area contributed by atoms with Crippen LogP contribution in [0.5, 0.6) is 0 Å². The molecule has 2 rings (SSSR count). The summed E-state index contributed by atoms with van der Waals surface area (Å²) in [6.45, 7) is 3.12. The fourth-order valence-corrected chi connectivity index (χ4v) is 2.53. The Hall–Kier alpha value is 0.0400. The molecule has 0 aromatic rings. The van der Waals surface area contributed by atoms with E-state index in [0.29, 0.717) is 4.38 Å². The van der Waals surface area contributed by atoms with Gasteiger partial charge in [0.05, 0.1) is 6.61 Å². The van der Waals surface area contributed by atoms with Crippen LogP contribution in [0.1, 0.15) is 13.8 Å². The number of thioether (sulfide) groups is 1. The van der Waals surface area contributed by atoms with E-state index in [1.807, 2.05) is 0 Å². The van der Waals surface area contributed by atoms with Crippen molar-refractivity contribution in [2.75, 3.05) is 12.9 Å². The first-order valence-electron chi connectivity index (χ1n) is 5.92. The molecule has 0 amide bonds. The van der Waals surface area contributed by atoms with E-state index in [1.165, 1.54) is 11.8 Å². The van der Waals surface area contributed by atoms with Gasteiger partial charge in [-0.05, 0) is 32.3 Å². The number of thiocarbonyl (C=S) groups is 1. The zero-order valence-electron chi connectivity index (χ0n) is 10.9. The summed E-state index contributed by atoms with van der Waals surface area (Å²) in [5.41, 5.74) is 0. The summed E-state index contributed by atoms with van der Waals surface area (Å²) in [7, 11) is 0. The van der Waals surface area contributed by atoms with Gasteiger partial charge in [-0.2, -0.15) is 0 Å². The monoisotopic (exact) mass is 310 g/mol. The number of hydrogen-bond acceptors (Lipinski definition) is 8. The second kappa shape index (κ2) is 5.80. The largest absolute Gasteiger partial charge is 0.469 e. The second-order valence-electron chi connectivity index (χ2n) is 4.86. The topological polar surface area (TPSA) is 77.4 Å². The molecule has 0 saturated carbocycles. The number of fused-ring (bicyclic) bond motifs is 1. The Bertz CT molecular complexity index is 350. The molecule has 2 heterocycles. The van der Waals surface area contributed by atoms with Gasteiger partial charge < -0.3 is 29.2 Å². The van der Waals surface area contributed by atoms with Crippen molar-refractivity contribution in [1.82, 2.24) is 0 Å². The molecule has 0 spiro atoms. The lowest BCUT2D eigenvalue weighted by atomic mass is 10.1. The maximum atomic E-state index is 9.78. The fourth-order valence-electron chi connectivity index (χ4n) is 2.21. The highest BCUT2D eigenvalue weighted by Crippen LogP contribution is 2.40. The van der Waals surface area contributed by atoms with Gasteiger partial charge >= 0.3 is 0 Å². The first-order chi connectivity index (χ1) is 8.88. The predicted molar refractivity (Wildman–Crippen MR) is 72.8 cm³/mol. The van der Waals surface area contributed by atoms with Crippen molar-refractivity contribution in [3.8, 4) is 0 Å². The SMILES string of the molecule is CSC(=S)O[C@@H]1[C@H]2OC(C)(C)O[C@H]2O[C@@H]1[C@H](O)CO. The van der Waals surface area contributed by atoms with Gasteiger partial charge in [-0.25, -0.2) is 0 Å². The molecular weight excluding hydrogens is 292 g/mol. The van der Waals surface area contributed by atoms with E-state index in [1.54, 1.807) is 20.1 Å². The van der Waals surface area contributed by atoms with Gasteiger partial charge in [0.15, 0.2) is 24.3 Å². The highest BCUT2D eigenvalue weighted by atomic mass is 32.2. The molecule has 2 aliphatic rings. The summed E-state index contributed by atoms with van der Waals surface area (Å²) in [5.74, 6) is -0.771. The average molecular weight is 310 g/mol. The molecule has 2 saturated heterocycles. The van der Waals surface area contributed by atoms with Crippen molar-refractivity contribution in [1.29, 1.82) is 0 Å². The third-order valence-electron chi connectivity index (χ3n) is 2.99. The molecule has 0 bridgehead atoms. The normalized spacial score (nSPS) is 37.9. The van der Waals surface area contributed by atoms with E-state index in [0.717, 1.165) is 0 Å². The molecule has 6 nitrogen and oxygen atoms in total. The number of ether oxygens (including phenoxy) is 4. The molecule has 0 unspecified atom stereocenters. The smallest absolute Gasteiger partial charge is 0.220 e. The number of aliphatic hydroxyl groups excluding tert-OH is 2. The van der Waals surface area contributed by atoms with Crippen LogP contribution < -0.4 is 0 Å². The minimum Gasteiger partial charge on any atom is -0.469 e. The van der Waals surface area contributed by atoms with Crippen LogP contribution in [-0.2, 0) is 18.9 Å². The molecule has 2 fully saturated rings. The lowest BCUT2D eigenvalue weighted by Gasteiger charge is -2.28. The van der Waals surface area contributed by atoms with Gasteiger partial charge in [0.2, 0.25) is 4.38 Å². The van der Waals surface area contributed by atoms with Crippen molar-refractivity contribution in [2.24, 2.45) is 0 Å². The van der Waals surface area contributed by atoms with E-state index in [-0.39, 0.29) is 0 Å². The maximum Gasteiger partial charge on any atom is 0.220 e. The molecule has 0 aliphatic carbocycles. The van der Waals surface area contributed by atoms with Crippen molar-refractivity contribution < 1.29 is 29.2 Å². The Labute approximate surface area is 121 Å². The maximum absolute atomic E-state index is 9.78. The molecule has 5 atom stereocenters. The molecule has 2 aliphatic heterocycles. The van der Waals surface area contributed by atoms with E-state index in [2.05, 4.69) is 0 Å². The summed E-state index contributed by atoms with van der Waals surface area (Å²) < 4.78 is 22.8. The van der Waals surface area contributed by atoms with Crippen LogP contribution in [0.3, 0.4) is 0 Å². The van der Waals surface area contributed by atoms with Crippen LogP contribution in [0.4, 0.5) is 0 Å². The summed E-state index contributed by atoms with van der Waals surface area (Å²) in [5, 5.41) is 18.8. The number of hydrogen-bond donors (Lipinski definition) is 2. The minimum atomic E-state index is -1.07. The van der Waals surface area contributed by atoms with Crippen LogP contribution in [0.25, 0.3) is 0 Å². The molecule has 8 heteroatoms. The molecule has 19 heavy (non-hydrogen) atoms. The van der Waals surface area contributed by atoms with E-state index >= 15 is 0 Å². The molecule has 0 aromatic heterocycles. The lowest BCUT2D eigenvalue weighted by molar-refractivity contribution is -0.226. The van der Waals surface area contributed by atoms with Crippen LogP contribution in [-0.4, -0.2) is 64.0 Å². The predicted octanol–water partition coefficient (Wildman–Crippen LogP) is 0.249. The van der Waals surface area contributed by atoms with Crippen molar-refractivity contribution in [2.45, 2.75) is 50.3 Å². The van der Waals surface area contributed by atoms with E-state index in [9.17, 15) is 5.11 Å². The minimum absolute atomic E-state index is 0.331. The van der Waals surface area contributed by atoms with Crippen molar-refractivity contribution in [3.05, 3.63) is 0 Å². The summed E-state index contributed by atoms with van der Waals surface area (Å²) in [4.78, 5) is 0. The first-order valence-corrected chi connectivity index (χ1v) is 7.56.